The second kappa shape index (κ2) is 37.3. The summed E-state index contributed by atoms with van der Waals surface area (Å²) in [7, 11) is -4.41. The standard InChI is InChI=1S/C40H76NO8P/c1-3-5-7-9-11-13-15-17-18-19-20-21-22-24-26-28-30-32-39(43)41-34-35-48-50(45,46)49-37-38(42)36-47-40(44)33-31-29-27-25-23-16-14-12-10-8-6-4-2/h12,14,17-18,38,42H,3-11,13,15-16,19-37H2,1-2H3,(H,41,43)(H,45,46)/b14-12-,18-17-. The van der Waals surface area contributed by atoms with Gasteiger partial charge in [-0.15, -0.1) is 0 Å². The number of phosphoric acid groups is 1. The number of carbonyl (C=O) groups excluding carboxylic acids is 2. The van der Waals surface area contributed by atoms with Crippen LogP contribution in [-0.4, -0.2) is 54.3 Å². The van der Waals surface area contributed by atoms with Crippen molar-refractivity contribution in [1.82, 2.24) is 5.32 Å². The molecule has 2 atom stereocenters. The normalized spacial score (nSPS) is 13.6. The molecule has 3 N–H and O–H groups in total. The molecule has 0 rings (SSSR count). The molecule has 10 heteroatoms. The molecule has 2 unspecified atom stereocenters. The summed E-state index contributed by atoms with van der Waals surface area (Å²) < 4.78 is 26.8. The fourth-order valence-corrected chi connectivity index (χ4v) is 6.24. The van der Waals surface area contributed by atoms with Gasteiger partial charge in [-0.1, -0.05) is 134 Å². The van der Waals surface area contributed by atoms with E-state index < -0.39 is 26.5 Å². The Kier molecular flexibility index (Phi) is 36.1. The number of hydrogen-bond acceptors (Lipinski definition) is 7. The fraction of sp³-hybridized carbons (Fsp3) is 0.850. The summed E-state index contributed by atoms with van der Waals surface area (Å²) in [5.74, 6) is -0.529. The number of hydrogen-bond donors (Lipinski definition) is 3. The highest BCUT2D eigenvalue weighted by atomic mass is 31.2. The summed E-state index contributed by atoms with van der Waals surface area (Å²) in [6, 6.07) is 0. The van der Waals surface area contributed by atoms with Gasteiger partial charge in [0.1, 0.15) is 12.7 Å². The molecule has 0 aromatic heterocycles. The van der Waals surface area contributed by atoms with Crippen molar-refractivity contribution >= 4 is 19.7 Å². The highest BCUT2D eigenvalue weighted by Crippen LogP contribution is 2.42. The average Bonchev–Trinajstić information content (AvgIpc) is 3.10. The van der Waals surface area contributed by atoms with E-state index in [4.69, 9.17) is 13.8 Å². The van der Waals surface area contributed by atoms with Crippen molar-refractivity contribution in [1.29, 1.82) is 0 Å². The Hall–Kier alpha value is -1.51. The van der Waals surface area contributed by atoms with Crippen molar-refractivity contribution < 1.29 is 37.9 Å². The van der Waals surface area contributed by atoms with Crippen LogP contribution in [0, 0.1) is 0 Å². The Morgan fingerprint density at radius 2 is 1.02 bits per heavy atom. The van der Waals surface area contributed by atoms with Crippen LogP contribution in [0.4, 0.5) is 0 Å². The molecule has 0 aromatic carbocycles. The van der Waals surface area contributed by atoms with Crippen LogP contribution in [0.5, 0.6) is 0 Å². The van der Waals surface area contributed by atoms with E-state index in [1.165, 1.54) is 103 Å². The minimum atomic E-state index is -4.41. The molecular weight excluding hydrogens is 653 g/mol. The Morgan fingerprint density at radius 3 is 1.54 bits per heavy atom. The maximum atomic E-state index is 12.1. The Morgan fingerprint density at radius 1 is 0.600 bits per heavy atom. The first-order valence-electron chi connectivity index (χ1n) is 20.3. The number of carbonyl (C=O) groups is 2. The molecule has 0 saturated carbocycles. The summed E-state index contributed by atoms with van der Waals surface area (Å²) in [4.78, 5) is 33.8. The van der Waals surface area contributed by atoms with E-state index in [0.29, 0.717) is 6.42 Å². The quantitative estimate of drug-likeness (QED) is 0.0248. The lowest BCUT2D eigenvalue weighted by molar-refractivity contribution is -0.147. The van der Waals surface area contributed by atoms with Crippen LogP contribution >= 0.6 is 7.82 Å². The van der Waals surface area contributed by atoms with Crippen molar-refractivity contribution in [2.45, 2.75) is 193 Å². The van der Waals surface area contributed by atoms with E-state index in [9.17, 15) is 24.2 Å². The first kappa shape index (κ1) is 48.5. The van der Waals surface area contributed by atoms with E-state index in [1.807, 2.05) is 0 Å². The lowest BCUT2D eigenvalue weighted by Crippen LogP contribution is -2.27. The third kappa shape index (κ3) is 37.7. The van der Waals surface area contributed by atoms with E-state index >= 15 is 0 Å². The molecule has 1 amide bonds. The molecule has 0 spiro atoms. The smallest absolute Gasteiger partial charge is 0.463 e. The monoisotopic (exact) mass is 730 g/mol. The van der Waals surface area contributed by atoms with E-state index in [2.05, 4.69) is 43.5 Å². The van der Waals surface area contributed by atoms with Crippen molar-refractivity contribution in [3.63, 3.8) is 0 Å². The van der Waals surface area contributed by atoms with Crippen LogP contribution in [0.1, 0.15) is 187 Å². The molecule has 0 saturated heterocycles. The molecule has 0 bridgehead atoms. The number of aliphatic hydroxyl groups excluding tert-OH is 1. The number of aliphatic hydroxyl groups is 1. The molecule has 9 nitrogen and oxygen atoms in total. The molecule has 294 valence electrons. The molecule has 50 heavy (non-hydrogen) atoms. The van der Waals surface area contributed by atoms with Gasteiger partial charge >= 0.3 is 13.8 Å². The van der Waals surface area contributed by atoms with E-state index in [-0.39, 0.29) is 32.1 Å². The van der Waals surface area contributed by atoms with Crippen molar-refractivity contribution in [2.24, 2.45) is 0 Å². The molecule has 0 aromatic rings. The van der Waals surface area contributed by atoms with Crippen LogP contribution in [0.25, 0.3) is 0 Å². The molecule has 0 aliphatic heterocycles. The minimum absolute atomic E-state index is 0.0798. The summed E-state index contributed by atoms with van der Waals surface area (Å²) in [6.07, 6.45) is 38.2. The second-order valence-corrected chi connectivity index (χ2v) is 15.1. The third-order valence-corrected chi connectivity index (χ3v) is 9.59. The topological polar surface area (TPSA) is 131 Å². The second-order valence-electron chi connectivity index (χ2n) is 13.6. The van der Waals surface area contributed by atoms with Gasteiger partial charge in [-0.3, -0.25) is 18.6 Å². The molecule has 0 aliphatic carbocycles. The van der Waals surface area contributed by atoms with Crippen molar-refractivity contribution in [3.8, 4) is 0 Å². The Labute approximate surface area is 306 Å². The molecule has 0 heterocycles. The summed E-state index contributed by atoms with van der Waals surface area (Å²) in [5.41, 5.74) is 0. The summed E-state index contributed by atoms with van der Waals surface area (Å²) >= 11 is 0. The van der Waals surface area contributed by atoms with Gasteiger partial charge in [0.05, 0.1) is 13.2 Å². The zero-order valence-corrected chi connectivity index (χ0v) is 33.0. The number of allylic oxidation sites excluding steroid dienone is 4. The predicted octanol–water partition coefficient (Wildman–Crippen LogP) is 10.8. The number of esters is 1. The first-order valence-corrected chi connectivity index (χ1v) is 21.8. The van der Waals surface area contributed by atoms with Crippen LogP contribution < -0.4 is 5.32 Å². The lowest BCUT2D eigenvalue weighted by Gasteiger charge is -2.15. The first-order chi connectivity index (χ1) is 24.3. The number of phosphoric ester groups is 1. The summed E-state index contributed by atoms with van der Waals surface area (Å²) in [6.45, 7) is 3.51. The minimum Gasteiger partial charge on any atom is -0.463 e. The molecular formula is C40H76NO8P. The van der Waals surface area contributed by atoms with Gasteiger partial charge in [0.25, 0.3) is 0 Å². The zero-order chi connectivity index (χ0) is 36.8. The van der Waals surface area contributed by atoms with Crippen LogP contribution in [0.15, 0.2) is 24.3 Å². The number of unbranched alkanes of at least 4 members (excludes halogenated alkanes) is 21. The van der Waals surface area contributed by atoms with E-state index in [1.54, 1.807) is 0 Å². The highest BCUT2D eigenvalue weighted by molar-refractivity contribution is 7.47. The van der Waals surface area contributed by atoms with Gasteiger partial charge in [0.2, 0.25) is 5.91 Å². The molecule has 0 radical (unpaired) electrons. The van der Waals surface area contributed by atoms with Gasteiger partial charge in [0, 0.05) is 19.4 Å². The van der Waals surface area contributed by atoms with Crippen LogP contribution in [0.3, 0.4) is 0 Å². The SMILES string of the molecule is CCCCC/C=C\CCCCCCCC(=O)OCC(O)COP(=O)(O)OCCNC(=O)CCCCCCCCC/C=C\CCCCCCCC. The number of nitrogens with one attached hydrogen (secondary N) is 1. The molecule has 0 fully saturated rings. The largest absolute Gasteiger partial charge is 0.472 e. The average molecular weight is 730 g/mol. The number of amides is 1. The Bertz CT molecular complexity index is 881. The van der Waals surface area contributed by atoms with Gasteiger partial charge in [-0.05, 0) is 64.2 Å². The summed E-state index contributed by atoms with van der Waals surface area (Å²) in [5, 5.41) is 12.6. The van der Waals surface area contributed by atoms with E-state index in [0.717, 1.165) is 57.8 Å². The number of ether oxygens (including phenoxy) is 1. The predicted molar refractivity (Wildman–Crippen MR) is 206 cm³/mol. The lowest BCUT2D eigenvalue weighted by atomic mass is 10.1. The van der Waals surface area contributed by atoms with Gasteiger partial charge in [0.15, 0.2) is 0 Å². The maximum Gasteiger partial charge on any atom is 0.472 e. The fourth-order valence-electron chi connectivity index (χ4n) is 5.49. The van der Waals surface area contributed by atoms with Gasteiger partial charge < -0.3 is 20.1 Å². The van der Waals surface area contributed by atoms with Crippen LogP contribution in [-0.2, 0) is 27.9 Å². The molecule has 0 aliphatic rings. The zero-order valence-electron chi connectivity index (χ0n) is 32.1. The van der Waals surface area contributed by atoms with Crippen LogP contribution in [0.2, 0.25) is 0 Å². The van der Waals surface area contributed by atoms with Gasteiger partial charge in [-0.25, -0.2) is 4.57 Å². The third-order valence-electron chi connectivity index (χ3n) is 8.60. The van der Waals surface area contributed by atoms with Crippen molar-refractivity contribution in [3.05, 3.63) is 24.3 Å². The van der Waals surface area contributed by atoms with Gasteiger partial charge in [-0.2, -0.15) is 0 Å². The maximum absolute atomic E-state index is 12.1. The Balaban J connectivity index is 3.61. The van der Waals surface area contributed by atoms with Crippen molar-refractivity contribution in [2.75, 3.05) is 26.4 Å². The highest BCUT2D eigenvalue weighted by Gasteiger charge is 2.23. The number of rotatable bonds is 38.